The Kier molecular flexibility index (Phi) is 3.74. The molecule has 7 heteroatoms. The lowest BCUT2D eigenvalue weighted by Crippen LogP contribution is -2.48. The van der Waals surface area contributed by atoms with Crippen LogP contribution >= 0.6 is 0 Å². The number of carboxylic acids is 1. The van der Waals surface area contributed by atoms with E-state index < -0.39 is 11.4 Å². The molecule has 0 radical (unpaired) electrons. The second-order valence-electron chi connectivity index (χ2n) is 8.63. The molecule has 4 fully saturated rings. The maximum atomic E-state index is 11.6. The summed E-state index contributed by atoms with van der Waals surface area (Å²) in [6.45, 7) is 0.852. The molecular formula is C20H24N4O3. The van der Waals surface area contributed by atoms with Gasteiger partial charge in [-0.05, 0) is 62.8 Å². The van der Waals surface area contributed by atoms with E-state index >= 15 is 0 Å². The number of nitrogens with zero attached hydrogens (tertiary/aromatic N) is 3. The molecule has 7 nitrogen and oxygen atoms in total. The Labute approximate surface area is 157 Å². The molecule has 2 N–H and O–H groups in total. The largest absolute Gasteiger partial charge is 0.481 e. The number of rotatable bonds is 6. The standard InChI is InChI=1S/C20H24N4O3/c25-18(26)20-6-3-19(4-7-20,5-8-20)12-22-15-9-14(10-21-11-15)17-23-16(24-27-17)13-1-2-13/h9-11,13,22H,1-8,12H2,(H,25,26). The van der Waals surface area contributed by atoms with Gasteiger partial charge in [-0.3, -0.25) is 9.78 Å². The molecule has 2 aromatic heterocycles. The third-order valence-corrected chi connectivity index (χ3v) is 6.89. The number of fused-ring (bicyclic) bond motifs is 3. The average Bonchev–Trinajstić information content (AvgIpc) is 3.45. The number of aliphatic carboxylic acids is 1. The number of hydrogen-bond acceptors (Lipinski definition) is 6. The Morgan fingerprint density at radius 2 is 1.93 bits per heavy atom. The molecule has 27 heavy (non-hydrogen) atoms. The maximum absolute atomic E-state index is 11.6. The van der Waals surface area contributed by atoms with Gasteiger partial charge < -0.3 is 14.9 Å². The summed E-state index contributed by atoms with van der Waals surface area (Å²) in [6, 6.07) is 2.00. The van der Waals surface area contributed by atoms with Crippen molar-refractivity contribution in [2.24, 2.45) is 10.8 Å². The van der Waals surface area contributed by atoms with Crippen LogP contribution in [-0.4, -0.2) is 32.7 Å². The number of pyridine rings is 1. The van der Waals surface area contributed by atoms with Gasteiger partial charge in [-0.25, -0.2) is 0 Å². The molecule has 4 saturated carbocycles. The minimum Gasteiger partial charge on any atom is -0.481 e. The van der Waals surface area contributed by atoms with Crippen molar-refractivity contribution in [1.82, 2.24) is 15.1 Å². The van der Waals surface area contributed by atoms with Crippen molar-refractivity contribution in [3.63, 3.8) is 0 Å². The monoisotopic (exact) mass is 368 g/mol. The van der Waals surface area contributed by atoms with Crippen LogP contribution in [-0.2, 0) is 4.79 Å². The lowest BCUT2D eigenvalue weighted by atomic mass is 9.53. The van der Waals surface area contributed by atoms with Gasteiger partial charge in [0, 0.05) is 24.9 Å². The molecule has 142 valence electrons. The fourth-order valence-corrected chi connectivity index (χ4v) is 4.65. The Hall–Kier alpha value is -2.44. The highest BCUT2D eigenvalue weighted by Gasteiger charge is 2.52. The van der Waals surface area contributed by atoms with Gasteiger partial charge in [0.1, 0.15) is 0 Å². The van der Waals surface area contributed by atoms with Gasteiger partial charge in [0.25, 0.3) is 5.89 Å². The first-order valence-corrected chi connectivity index (χ1v) is 9.84. The molecule has 4 aliphatic rings. The normalized spacial score (nSPS) is 29.6. The molecule has 2 heterocycles. The second-order valence-corrected chi connectivity index (χ2v) is 8.63. The summed E-state index contributed by atoms with van der Waals surface area (Å²) < 4.78 is 5.40. The first-order valence-electron chi connectivity index (χ1n) is 9.84. The number of hydrogen-bond donors (Lipinski definition) is 2. The van der Waals surface area contributed by atoms with Crippen LogP contribution < -0.4 is 5.32 Å². The number of carboxylic acid groups (broad SMARTS) is 1. The van der Waals surface area contributed by atoms with Gasteiger partial charge in [-0.1, -0.05) is 5.16 Å². The van der Waals surface area contributed by atoms with Gasteiger partial charge in [-0.15, -0.1) is 0 Å². The molecule has 2 bridgehead atoms. The fourth-order valence-electron chi connectivity index (χ4n) is 4.65. The highest BCUT2D eigenvalue weighted by molar-refractivity contribution is 5.75. The highest BCUT2D eigenvalue weighted by atomic mass is 16.5. The first-order chi connectivity index (χ1) is 13.1. The molecule has 0 saturated heterocycles. The molecule has 2 aromatic rings. The number of anilines is 1. The Balaban J connectivity index is 1.26. The quantitative estimate of drug-likeness (QED) is 0.798. The molecule has 0 aromatic carbocycles. The summed E-state index contributed by atoms with van der Waals surface area (Å²) in [7, 11) is 0. The highest BCUT2D eigenvalue weighted by Crippen LogP contribution is 2.56. The fraction of sp³-hybridized carbons (Fsp3) is 0.600. The van der Waals surface area contributed by atoms with Crippen LogP contribution in [0, 0.1) is 10.8 Å². The molecular weight excluding hydrogens is 344 g/mol. The van der Waals surface area contributed by atoms with Crippen LogP contribution in [0.3, 0.4) is 0 Å². The van der Waals surface area contributed by atoms with Crippen molar-refractivity contribution >= 4 is 11.7 Å². The van der Waals surface area contributed by atoms with Gasteiger partial charge >= 0.3 is 5.97 Å². The maximum Gasteiger partial charge on any atom is 0.309 e. The zero-order valence-corrected chi connectivity index (χ0v) is 15.3. The van der Waals surface area contributed by atoms with Gasteiger partial charge in [-0.2, -0.15) is 4.98 Å². The van der Waals surface area contributed by atoms with Crippen LogP contribution in [0.2, 0.25) is 0 Å². The summed E-state index contributed by atoms with van der Waals surface area (Å²) in [5, 5.41) is 17.1. The van der Waals surface area contributed by atoms with E-state index in [0.717, 1.165) is 75.0 Å². The molecule has 4 aliphatic carbocycles. The molecule has 0 amide bonds. The van der Waals surface area contributed by atoms with Crippen molar-refractivity contribution < 1.29 is 14.4 Å². The predicted octanol–water partition coefficient (Wildman–Crippen LogP) is 3.85. The Morgan fingerprint density at radius 3 is 2.59 bits per heavy atom. The molecule has 0 aliphatic heterocycles. The van der Waals surface area contributed by atoms with Crippen molar-refractivity contribution in [2.75, 3.05) is 11.9 Å². The van der Waals surface area contributed by atoms with E-state index in [1.165, 1.54) is 0 Å². The smallest absolute Gasteiger partial charge is 0.309 e. The Morgan fingerprint density at radius 1 is 1.19 bits per heavy atom. The summed E-state index contributed by atoms with van der Waals surface area (Å²) in [5.41, 5.74) is 1.51. The molecule has 6 rings (SSSR count). The topological polar surface area (TPSA) is 101 Å². The van der Waals surface area contributed by atoms with Crippen LogP contribution in [0.25, 0.3) is 11.5 Å². The summed E-state index contributed by atoms with van der Waals surface area (Å²) in [5.74, 6) is 1.18. The van der Waals surface area contributed by atoms with E-state index in [9.17, 15) is 9.90 Å². The second kappa shape index (κ2) is 6.04. The summed E-state index contributed by atoms with van der Waals surface area (Å²) in [4.78, 5) is 20.4. The van der Waals surface area contributed by atoms with Crippen molar-refractivity contribution in [3.05, 3.63) is 24.3 Å². The van der Waals surface area contributed by atoms with E-state index in [2.05, 4.69) is 20.4 Å². The van der Waals surface area contributed by atoms with Crippen LogP contribution in [0.1, 0.15) is 63.1 Å². The van der Waals surface area contributed by atoms with Crippen molar-refractivity contribution in [1.29, 1.82) is 0 Å². The van der Waals surface area contributed by atoms with Crippen LogP contribution in [0.15, 0.2) is 23.0 Å². The van der Waals surface area contributed by atoms with Crippen LogP contribution in [0.5, 0.6) is 0 Å². The van der Waals surface area contributed by atoms with Gasteiger partial charge in [0.2, 0.25) is 0 Å². The van der Waals surface area contributed by atoms with Crippen LogP contribution in [0.4, 0.5) is 5.69 Å². The molecule has 0 spiro atoms. The van der Waals surface area contributed by atoms with Crippen molar-refractivity contribution in [2.45, 2.75) is 57.3 Å². The van der Waals surface area contributed by atoms with Crippen molar-refractivity contribution in [3.8, 4) is 11.5 Å². The number of carbonyl (C=O) groups is 1. The Bertz CT molecular complexity index is 849. The van der Waals surface area contributed by atoms with E-state index in [4.69, 9.17) is 4.52 Å². The lowest BCUT2D eigenvalue weighted by molar-refractivity contribution is -0.158. The number of nitrogens with one attached hydrogen (secondary N) is 1. The third-order valence-electron chi connectivity index (χ3n) is 6.89. The van der Waals surface area contributed by atoms with E-state index in [0.29, 0.717) is 11.8 Å². The summed E-state index contributed by atoms with van der Waals surface area (Å²) >= 11 is 0. The first kappa shape index (κ1) is 16.7. The lowest BCUT2D eigenvalue weighted by Gasteiger charge is -2.51. The predicted molar refractivity (Wildman–Crippen MR) is 98.2 cm³/mol. The van der Waals surface area contributed by atoms with E-state index in [-0.39, 0.29) is 5.41 Å². The minimum absolute atomic E-state index is 0.205. The minimum atomic E-state index is -0.606. The zero-order chi connectivity index (χ0) is 18.5. The van der Waals surface area contributed by atoms with Gasteiger partial charge in [0.15, 0.2) is 5.82 Å². The van der Waals surface area contributed by atoms with Gasteiger partial charge in [0.05, 0.1) is 16.7 Å². The SMILES string of the molecule is O=C(O)C12CCC(CNc3cncc(-c4nc(C5CC5)no4)c3)(CC1)CC2. The van der Waals surface area contributed by atoms with E-state index in [1.807, 2.05) is 12.3 Å². The average molecular weight is 368 g/mol. The molecule has 0 unspecified atom stereocenters. The molecule has 0 atom stereocenters. The summed E-state index contributed by atoms with van der Waals surface area (Å²) in [6.07, 6.45) is 11.2. The zero-order valence-electron chi connectivity index (χ0n) is 15.3. The number of aromatic nitrogens is 3. The third kappa shape index (κ3) is 2.99. The van der Waals surface area contributed by atoms with E-state index in [1.54, 1.807) is 6.20 Å².